The fraction of sp³-hybridized carbons (Fsp3) is 1.00. The number of aliphatic hydroxyl groups is 4. The first-order valence-electron chi connectivity index (χ1n) is 7.20. The fourth-order valence-corrected chi connectivity index (χ4v) is 1.90. The van der Waals surface area contributed by atoms with Crippen molar-refractivity contribution in [3.05, 3.63) is 10.4 Å². The molecule has 0 amide bonds. The molecule has 23 heavy (non-hydrogen) atoms. The Hall–Kier alpha value is -1.01. The summed E-state index contributed by atoms with van der Waals surface area (Å²) in [6, 6.07) is 0. The summed E-state index contributed by atoms with van der Waals surface area (Å²) in [5.41, 5.74) is 8.05. The van der Waals surface area contributed by atoms with Crippen LogP contribution < -0.4 is 0 Å². The molecule has 1 fully saturated rings. The van der Waals surface area contributed by atoms with Gasteiger partial charge >= 0.3 is 0 Å². The number of aliphatic hydroxyl groups excluding tert-OH is 4. The molecule has 0 aromatic heterocycles. The van der Waals surface area contributed by atoms with E-state index in [4.69, 9.17) is 29.6 Å². The van der Waals surface area contributed by atoms with Crippen LogP contribution in [0.25, 0.3) is 10.4 Å². The minimum atomic E-state index is -1.46. The minimum Gasteiger partial charge on any atom is -0.394 e. The highest BCUT2D eigenvalue weighted by atomic mass is 16.7. The lowest BCUT2D eigenvalue weighted by molar-refractivity contribution is -0.302. The molecule has 1 aliphatic rings. The van der Waals surface area contributed by atoms with Gasteiger partial charge in [0, 0.05) is 11.5 Å². The molecule has 1 heterocycles. The van der Waals surface area contributed by atoms with Gasteiger partial charge in [0.25, 0.3) is 0 Å². The lowest BCUT2D eigenvalue weighted by Crippen LogP contribution is -2.59. The molecule has 5 atom stereocenters. The van der Waals surface area contributed by atoms with Gasteiger partial charge in [-0.3, -0.25) is 0 Å². The van der Waals surface area contributed by atoms with Crippen LogP contribution in [-0.2, 0) is 18.9 Å². The molecule has 0 saturated carbocycles. The zero-order valence-electron chi connectivity index (χ0n) is 12.6. The van der Waals surface area contributed by atoms with E-state index < -0.39 is 37.3 Å². The van der Waals surface area contributed by atoms with Crippen LogP contribution in [0.3, 0.4) is 0 Å². The molecule has 4 N–H and O–H groups in total. The van der Waals surface area contributed by atoms with Crippen molar-refractivity contribution >= 4 is 0 Å². The van der Waals surface area contributed by atoms with Gasteiger partial charge in [0.1, 0.15) is 24.4 Å². The van der Waals surface area contributed by atoms with Crippen LogP contribution in [0, 0.1) is 0 Å². The molecule has 0 bridgehead atoms. The molecule has 1 saturated heterocycles. The summed E-state index contributed by atoms with van der Waals surface area (Å²) in [5.74, 6) is 0. The lowest BCUT2D eigenvalue weighted by atomic mass is 9.99. The van der Waals surface area contributed by atoms with Crippen molar-refractivity contribution in [2.45, 2.75) is 30.7 Å². The second-order valence-corrected chi connectivity index (χ2v) is 4.75. The maximum atomic E-state index is 9.73. The van der Waals surface area contributed by atoms with Gasteiger partial charge in [0.15, 0.2) is 6.29 Å². The molecule has 11 heteroatoms. The molecule has 2 unspecified atom stereocenters. The third-order valence-electron chi connectivity index (χ3n) is 3.13. The maximum Gasteiger partial charge on any atom is 0.186 e. The SMILES string of the molecule is [N-]=[N+]=NCCOCCOCCO[C@H]1OC(CO)[C@@H](O)C(O)[C@H]1O. The summed E-state index contributed by atoms with van der Waals surface area (Å²) < 4.78 is 20.7. The van der Waals surface area contributed by atoms with Gasteiger partial charge in [-0.1, -0.05) is 5.11 Å². The van der Waals surface area contributed by atoms with Gasteiger partial charge < -0.3 is 39.4 Å². The first kappa shape index (κ1) is 20.0. The Morgan fingerprint density at radius 1 is 0.957 bits per heavy atom. The molecule has 0 aliphatic carbocycles. The van der Waals surface area contributed by atoms with Crippen LogP contribution in [-0.4, -0.2) is 97.3 Å². The standard InChI is InChI=1S/C12H23N3O8/c13-15-14-1-2-20-3-4-21-5-6-22-12-11(19)10(18)9(17)8(7-16)23-12/h8-12,16-19H,1-7H2/t8?,9-,10?,11-,12+/m1/s1. The highest BCUT2D eigenvalue weighted by molar-refractivity contribution is 4.88. The van der Waals surface area contributed by atoms with Crippen molar-refractivity contribution in [1.82, 2.24) is 0 Å². The first-order chi connectivity index (χ1) is 11.1. The molecule has 0 aromatic rings. The van der Waals surface area contributed by atoms with Gasteiger partial charge in [0.2, 0.25) is 0 Å². The third kappa shape index (κ3) is 6.96. The smallest absolute Gasteiger partial charge is 0.186 e. The summed E-state index contributed by atoms with van der Waals surface area (Å²) in [6.45, 7) is 1.01. The summed E-state index contributed by atoms with van der Waals surface area (Å²) in [7, 11) is 0. The second-order valence-electron chi connectivity index (χ2n) is 4.75. The molecule has 1 aliphatic heterocycles. The van der Waals surface area contributed by atoms with Gasteiger partial charge in [-0.05, 0) is 5.53 Å². The van der Waals surface area contributed by atoms with Gasteiger partial charge in [-0.25, -0.2) is 0 Å². The highest BCUT2D eigenvalue weighted by Crippen LogP contribution is 2.21. The Morgan fingerprint density at radius 3 is 2.26 bits per heavy atom. The number of hydrogen-bond acceptors (Lipinski definition) is 9. The molecular weight excluding hydrogens is 314 g/mol. The Kier molecular flexibility index (Phi) is 10.0. The molecule has 1 rings (SSSR count). The Balaban J connectivity index is 2.09. The maximum absolute atomic E-state index is 9.73. The number of hydrogen-bond donors (Lipinski definition) is 4. The molecular formula is C12H23N3O8. The summed E-state index contributed by atoms with van der Waals surface area (Å²) in [6.07, 6.45) is -6.44. The highest BCUT2D eigenvalue weighted by Gasteiger charge is 2.43. The van der Waals surface area contributed by atoms with Crippen molar-refractivity contribution in [2.75, 3.05) is 46.2 Å². The van der Waals surface area contributed by atoms with E-state index in [1.54, 1.807) is 0 Å². The van der Waals surface area contributed by atoms with E-state index in [1.165, 1.54) is 0 Å². The number of azide groups is 1. The summed E-state index contributed by atoms with van der Waals surface area (Å²) >= 11 is 0. The van der Waals surface area contributed by atoms with E-state index >= 15 is 0 Å². The van der Waals surface area contributed by atoms with E-state index in [-0.39, 0.29) is 19.8 Å². The van der Waals surface area contributed by atoms with Crippen LogP contribution in [0.1, 0.15) is 0 Å². The van der Waals surface area contributed by atoms with Crippen LogP contribution in [0.4, 0.5) is 0 Å². The van der Waals surface area contributed by atoms with Crippen LogP contribution >= 0.6 is 0 Å². The molecule has 11 nitrogen and oxygen atoms in total. The zero-order chi connectivity index (χ0) is 17.1. The van der Waals surface area contributed by atoms with Crippen LogP contribution in [0.15, 0.2) is 5.11 Å². The predicted octanol–water partition coefficient (Wildman–Crippen LogP) is -1.85. The monoisotopic (exact) mass is 337 g/mol. The molecule has 0 radical (unpaired) electrons. The average molecular weight is 337 g/mol. The van der Waals surface area contributed by atoms with E-state index in [1.807, 2.05) is 0 Å². The van der Waals surface area contributed by atoms with Gasteiger partial charge in [-0.15, -0.1) is 0 Å². The van der Waals surface area contributed by atoms with Gasteiger partial charge in [-0.2, -0.15) is 0 Å². The van der Waals surface area contributed by atoms with Crippen LogP contribution in [0.5, 0.6) is 0 Å². The Bertz CT molecular complexity index is 366. The molecule has 0 spiro atoms. The van der Waals surface area contributed by atoms with E-state index in [9.17, 15) is 15.3 Å². The quantitative estimate of drug-likeness (QED) is 0.147. The average Bonchev–Trinajstić information content (AvgIpc) is 2.56. The predicted molar refractivity (Wildman–Crippen MR) is 75.4 cm³/mol. The van der Waals surface area contributed by atoms with Gasteiger partial charge in [0.05, 0.1) is 39.6 Å². The van der Waals surface area contributed by atoms with E-state index in [0.717, 1.165) is 0 Å². The Labute approximate surface area is 133 Å². The number of ether oxygens (including phenoxy) is 4. The topological polar surface area (TPSA) is 167 Å². The third-order valence-corrected chi connectivity index (χ3v) is 3.13. The van der Waals surface area contributed by atoms with Crippen LogP contribution in [0.2, 0.25) is 0 Å². The van der Waals surface area contributed by atoms with Crippen molar-refractivity contribution in [1.29, 1.82) is 0 Å². The summed E-state index contributed by atoms with van der Waals surface area (Å²) in [4.78, 5) is 2.58. The molecule has 0 aromatic carbocycles. The second kappa shape index (κ2) is 11.5. The van der Waals surface area contributed by atoms with Crippen molar-refractivity contribution in [2.24, 2.45) is 5.11 Å². The minimum absolute atomic E-state index is 0.0847. The van der Waals surface area contributed by atoms with Crippen molar-refractivity contribution < 1.29 is 39.4 Å². The fourth-order valence-electron chi connectivity index (χ4n) is 1.90. The number of nitrogens with zero attached hydrogens (tertiary/aromatic N) is 3. The summed E-state index contributed by atoms with van der Waals surface area (Å²) in [5, 5.41) is 41.2. The number of rotatable bonds is 11. The van der Waals surface area contributed by atoms with Crippen molar-refractivity contribution in [3.8, 4) is 0 Å². The van der Waals surface area contributed by atoms with E-state index in [2.05, 4.69) is 10.0 Å². The lowest BCUT2D eigenvalue weighted by Gasteiger charge is -2.39. The Morgan fingerprint density at radius 2 is 1.61 bits per heavy atom. The zero-order valence-corrected chi connectivity index (χ0v) is 12.6. The molecule has 134 valence electrons. The first-order valence-corrected chi connectivity index (χ1v) is 7.20. The van der Waals surface area contributed by atoms with E-state index in [0.29, 0.717) is 19.8 Å². The normalized spacial score (nSPS) is 30.9. The largest absolute Gasteiger partial charge is 0.394 e. The van der Waals surface area contributed by atoms with Crippen molar-refractivity contribution in [3.63, 3.8) is 0 Å².